The molecule has 0 bridgehead atoms. The van der Waals surface area contributed by atoms with Crippen molar-refractivity contribution < 1.29 is 10.2 Å². The molecule has 0 fully saturated rings. The number of nitrogens with zero attached hydrogens (tertiary/aromatic N) is 1. The molecule has 0 aliphatic carbocycles. The van der Waals surface area contributed by atoms with Crippen molar-refractivity contribution in [2.45, 2.75) is 6.42 Å². The fraction of sp³-hybridized carbons (Fsp3) is 0.214. The van der Waals surface area contributed by atoms with Crippen LogP contribution in [0.4, 0.5) is 0 Å². The Morgan fingerprint density at radius 1 is 1.42 bits per heavy atom. The van der Waals surface area contributed by atoms with Crippen LogP contribution < -0.4 is 10.6 Å². The zero-order valence-electron chi connectivity index (χ0n) is 10.8. The molecule has 1 heterocycles. The summed E-state index contributed by atoms with van der Waals surface area (Å²) >= 11 is 0. The van der Waals surface area contributed by atoms with E-state index in [2.05, 4.69) is 22.2 Å². The topological polar surface area (TPSA) is 76.9 Å². The zero-order chi connectivity index (χ0) is 13.8. The van der Waals surface area contributed by atoms with Crippen molar-refractivity contribution in [3.8, 4) is 11.5 Å². The predicted molar refractivity (Wildman–Crippen MR) is 76.0 cm³/mol. The third-order valence-corrected chi connectivity index (χ3v) is 2.71. The number of hydrogen-bond donors (Lipinski definition) is 4. The highest BCUT2D eigenvalue weighted by Crippen LogP contribution is 2.31. The molecule has 1 aliphatic heterocycles. The smallest absolute Gasteiger partial charge is 0.128 e. The van der Waals surface area contributed by atoms with E-state index in [1.165, 1.54) is 12.1 Å². The molecule has 5 heteroatoms. The van der Waals surface area contributed by atoms with Gasteiger partial charge in [-0.2, -0.15) is 0 Å². The van der Waals surface area contributed by atoms with E-state index >= 15 is 0 Å². The van der Waals surface area contributed by atoms with Crippen molar-refractivity contribution in [2.75, 3.05) is 13.6 Å². The van der Waals surface area contributed by atoms with Gasteiger partial charge in [0.15, 0.2) is 0 Å². The Morgan fingerprint density at radius 2 is 2.21 bits per heavy atom. The maximum atomic E-state index is 9.79. The summed E-state index contributed by atoms with van der Waals surface area (Å²) in [6, 6.07) is 4.47. The van der Waals surface area contributed by atoms with Crippen LogP contribution in [0.1, 0.15) is 12.0 Å². The number of hydrogen-bond acceptors (Lipinski definition) is 5. The lowest BCUT2D eigenvalue weighted by Gasteiger charge is -2.08. The highest BCUT2D eigenvalue weighted by Gasteiger charge is 2.14. The van der Waals surface area contributed by atoms with Crippen LogP contribution in [0.5, 0.6) is 11.5 Å². The van der Waals surface area contributed by atoms with Crippen LogP contribution in [0.2, 0.25) is 0 Å². The van der Waals surface area contributed by atoms with Crippen molar-refractivity contribution in [3.05, 3.63) is 42.1 Å². The van der Waals surface area contributed by atoms with Gasteiger partial charge in [-0.05, 0) is 19.2 Å². The maximum Gasteiger partial charge on any atom is 0.128 e. The number of benzene rings is 1. The van der Waals surface area contributed by atoms with Crippen LogP contribution in [0.3, 0.4) is 0 Å². The molecule has 0 saturated carbocycles. The molecule has 100 valence electrons. The monoisotopic (exact) mass is 259 g/mol. The van der Waals surface area contributed by atoms with Crippen LogP contribution >= 0.6 is 0 Å². The zero-order valence-corrected chi connectivity index (χ0v) is 10.8. The van der Waals surface area contributed by atoms with E-state index in [4.69, 9.17) is 0 Å². The van der Waals surface area contributed by atoms with Crippen molar-refractivity contribution in [1.82, 2.24) is 10.6 Å². The normalized spacial score (nSPS) is 13.9. The van der Waals surface area contributed by atoms with E-state index in [-0.39, 0.29) is 11.5 Å². The summed E-state index contributed by atoms with van der Waals surface area (Å²) in [4.78, 5) is 4.41. The van der Waals surface area contributed by atoms with Gasteiger partial charge >= 0.3 is 0 Å². The minimum Gasteiger partial charge on any atom is -0.508 e. The SMILES string of the molecule is C=C(CNC)NC1=NC(c2ccc(O)cc2O)=CC1. The molecule has 0 spiro atoms. The number of nitrogens with one attached hydrogen (secondary N) is 2. The molecule has 0 amide bonds. The summed E-state index contributed by atoms with van der Waals surface area (Å²) in [7, 11) is 1.85. The molecule has 0 saturated heterocycles. The first kappa shape index (κ1) is 13.2. The second-order valence-electron chi connectivity index (χ2n) is 4.31. The highest BCUT2D eigenvalue weighted by molar-refractivity contribution is 5.95. The molecular formula is C14H17N3O2. The number of aliphatic imine (C=N–C) groups is 1. The maximum absolute atomic E-state index is 9.79. The Morgan fingerprint density at radius 3 is 2.89 bits per heavy atom. The van der Waals surface area contributed by atoms with E-state index < -0.39 is 0 Å². The van der Waals surface area contributed by atoms with Crippen LogP contribution in [0.15, 0.2) is 41.5 Å². The van der Waals surface area contributed by atoms with Crippen molar-refractivity contribution >= 4 is 11.5 Å². The quantitative estimate of drug-likeness (QED) is 0.662. The second-order valence-corrected chi connectivity index (χ2v) is 4.31. The predicted octanol–water partition coefficient (Wildman–Crippen LogP) is 1.56. The van der Waals surface area contributed by atoms with E-state index in [1.807, 2.05) is 13.1 Å². The van der Waals surface area contributed by atoms with Gasteiger partial charge in [0.2, 0.25) is 0 Å². The second kappa shape index (κ2) is 5.58. The lowest BCUT2D eigenvalue weighted by Crippen LogP contribution is -2.26. The third-order valence-electron chi connectivity index (χ3n) is 2.71. The molecule has 1 aromatic rings. The molecule has 1 aromatic carbocycles. The van der Waals surface area contributed by atoms with Crippen LogP contribution in [0, 0.1) is 0 Å². The summed E-state index contributed by atoms with van der Waals surface area (Å²) in [5, 5.41) is 25.2. The number of rotatable bonds is 4. The molecular weight excluding hydrogens is 242 g/mol. The van der Waals surface area contributed by atoms with Crippen LogP contribution in [-0.2, 0) is 0 Å². The Kier molecular flexibility index (Phi) is 3.87. The standard InChI is InChI=1S/C14H17N3O2/c1-9(8-15-2)16-14-6-5-12(17-14)11-4-3-10(18)7-13(11)19/h3-5,7,15,18-19H,1,6,8H2,2H3,(H,16,17). The van der Waals surface area contributed by atoms with Crippen LogP contribution in [-0.4, -0.2) is 29.6 Å². The van der Waals surface area contributed by atoms with E-state index in [1.54, 1.807) is 6.07 Å². The summed E-state index contributed by atoms with van der Waals surface area (Å²) in [5.41, 5.74) is 2.14. The number of phenolic OH excluding ortho intramolecular Hbond substituents is 2. The molecule has 0 aromatic heterocycles. The van der Waals surface area contributed by atoms with Gasteiger partial charge < -0.3 is 20.8 Å². The van der Waals surface area contributed by atoms with E-state index in [0.717, 1.165) is 11.5 Å². The molecule has 0 radical (unpaired) electrons. The molecule has 0 unspecified atom stereocenters. The highest BCUT2D eigenvalue weighted by atomic mass is 16.3. The van der Waals surface area contributed by atoms with Gasteiger partial charge in [-0.1, -0.05) is 12.7 Å². The summed E-state index contributed by atoms with van der Waals surface area (Å²) < 4.78 is 0. The van der Waals surface area contributed by atoms with E-state index in [9.17, 15) is 10.2 Å². The number of likely N-dealkylation sites (N-methyl/N-ethyl adjacent to an activating group) is 1. The summed E-state index contributed by atoms with van der Waals surface area (Å²) in [5.74, 6) is 0.845. The first-order valence-corrected chi connectivity index (χ1v) is 5.99. The van der Waals surface area contributed by atoms with Gasteiger partial charge in [0.05, 0.1) is 5.70 Å². The van der Waals surface area contributed by atoms with Crippen molar-refractivity contribution in [3.63, 3.8) is 0 Å². The van der Waals surface area contributed by atoms with Crippen LogP contribution in [0.25, 0.3) is 5.70 Å². The van der Waals surface area contributed by atoms with Gasteiger partial charge in [-0.25, -0.2) is 4.99 Å². The minimum atomic E-state index is 0.0188. The minimum absolute atomic E-state index is 0.0188. The number of aromatic hydroxyl groups is 2. The van der Waals surface area contributed by atoms with Crippen molar-refractivity contribution in [1.29, 1.82) is 0 Å². The van der Waals surface area contributed by atoms with Gasteiger partial charge in [0, 0.05) is 30.3 Å². The average molecular weight is 259 g/mol. The summed E-state index contributed by atoms with van der Waals surface area (Å²) in [6.07, 6.45) is 2.58. The largest absolute Gasteiger partial charge is 0.508 e. The first-order chi connectivity index (χ1) is 9.10. The third kappa shape index (κ3) is 3.14. The average Bonchev–Trinajstić information content (AvgIpc) is 2.77. The fourth-order valence-electron chi connectivity index (χ4n) is 1.88. The molecule has 2 rings (SSSR count). The molecule has 1 aliphatic rings. The summed E-state index contributed by atoms with van der Waals surface area (Å²) in [6.45, 7) is 4.54. The number of amidine groups is 1. The molecule has 4 N–H and O–H groups in total. The fourth-order valence-corrected chi connectivity index (χ4v) is 1.88. The molecule has 5 nitrogen and oxygen atoms in total. The molecule has 19 heavy (non-hydrogen) atoms. The Bertz CT molecular complexity index is 562. The lowest BCUT2D eigenvalue weighted by atomic mass is 10.1. The van der Waals surface area contributed by atoms with Gasteiger partial charge in [0.1, 0.15) is 17.3 Å². The van der Waals surface area contributed by atoms with Gasteiger partial charge in [0.25, 0.3) is 0 Å². The van der Waals surface area contributed by atoms with E-state index in [0.29, 0.717) is 24.2 Å². The van der Waals surface area contributed by atoms with Crippen molar-refractivity contribution in [2.24, 2.45) is 4.99 Å². The lowest BCUT2D eigenvalue weighted by molar-refractivity contribution is 0.449. The first-order valence-electron chi connectivity index (χ1n) is 5.99. The Hall–Kier alpha value is -2.27. The number of phenols is 2. The molecule has 0 atom stereocenters. The van der Waals surface area contributed by atoms with Gasteiger partial charge in [-0.3, -0.25) is 0 Å². The Labute approximate surface area is 112 Å². The van der Waals surface area contributed by atoms with Gasteiger partial charge in [-0.15, -0.1) is 0 Å². The Balaban J connectivity index is 2.11.